The van der Waals surface area contributed by atoms with Crippen LogP contribution in [0.3, 0.4) is 0 Å². The summed E-state index contributed by atoms with van der Waals surface area (Å²) in [5.41, 5.74) is -4.73. The van der Waals surface area contributed by atoms with E-state index in [0.717, 1.165) is 6.21 Å². The Bertz CT molecular complexity index is 964. The Kier molecular flexibility index (Phi) is 6.83. The number of nitrogens with two attached hydrogens (primary N) is 1. The number of anilines is 1. The molecule has 1 amide bonds. The smallest absolute Gasteiger partial charge is 0.426 e. The summed E-state index contributed by atoms with van der Waals surface area (Å²) in [7, 11) is 0. The van der Waals surface area contributed by atoms with E-state index < -0.39 is 29.5 Å². The van der Waals surface area contributed by atoms with Crippen LogP contribution in [-0.2, 0) is 10.2 Å². The lowest BCUT2D eigenvalue weighted by atomic mass is 9.74. The van der Waals surface area contributed by atoms with Crippen LogP contribution in [0.2, 0.25) is 0 Å². The lowest BCUT2D eigenvalue weighted by Gasteiger charge is -2.37. The number of benzene rings is 2. The molecule has 0 radical (unpaired) electrons. The number of amides is 1. The molecule has 2 rings (SSSR count). The first-order chi connectivity index (χ1) is 13.8. The standard InChI is InChI=1S/C20H21BrF3N3O3/c1-18(2,14-8-7-13(21)9-16(14)28)11-19(30,20(22,23)24)17(29)27-15-6-4-3-5-12(15)10-26-25/h3-10,28,30H,11,25H2,1-2H3,(H,27,29)/b26-10-. The Morgan fingerprint density at radius 3 is 2.43 bits per heavy atom. The Morgan fingerprint density at radius 1 is 1.23 bits per heavy atom. The zero-order chi connectivity index (χ0) is 22.7. The van der Waals surface area contributed by atoms with Crippen LogP contribution >= 0.6 is 15.9 Å². The number of hydrogen-bond donors (Lipinski definition) is 4. The molecule has 5 N–H and O–H groups in total. The van der Waals surface area contributed by atoms with Crippen molar-refractivity contribution in [3.05, 3.63) is 58.1 Å². The van der Waals surface area contributed by atoms with E-state index in [-0.39, 0.29) is 22.6 Å². The summed E-state index contributed by atoms with van der Waals surface area (Å²) in [6.07, 6.45) is -5.15. The van der Waals surface area contributed by atoms with Crippen LogP contribution in [-0.4, -0.2) is 34.1 Å². The predicted octanol–water partition coefficient (Wildman–Crippen LogP) is 4.05. The second-order valence-electron chi connectivity index (χ2n) is 7.40. The Hall–Kier alpha value is -2.59. The fourth-order valence-corrected chi connectivity index (χ4v) is 3.50. The van der Waals surface area contributed by atoms with Crippen LogP contribution in [0, 0.1) is 0 Å². The molecule has 0 aliphatic heterocycles. The SMILES string of the molecule is CC(C)(CC(O)(C(=O)Nc1ccccc1/C=N\N)C(F)(F)F)c1ccc(Br)cc1O. The minimum absolute atomic E-state index is 0.00340. The van der Waals surface area contributed by atoms with Crippen molar-refractivity contribution in [3.63, 3.8) is 0 Å². The van der Waals surface area contributed by atoms with Gasteiger partial charge in [0.2, 0.25) is 5.60 Å². The average molecular weight is 488 g/mol. The number of phenols is 1. The second kappa shape index (κ2) is 8.65. The van der Waals surface area contributed by atoms with Crippen molar-refractivity contribution in [3.8, 4) is 5.75 Å². The molecule has 0 spiro atoms. The Labute approximate surface area is 179 Å². The van der Waals surface area contributed by atoms with E-state index in [4.69, 9.17) is 5.84 Å². The lowest BCUT2D eigenvalue weighted by Crippen LogP contribution is -2.57. The number of aromatic hydroxyl groups is 1. The maximum absolute atomic E-state index is 13.9. The molecule has 0 aliphatic carbocycles. The van der Waals surface area contributed by atoms with Gasteiger partial charge in [0.1, 0.15) is 5.75 Å². The summed E-state index contributed by atoms with van der Waals surface area (Å²) in [5, 5.41) is 26.2. The van der Waals surface area contributed by atoms with Gasteiger partial charge in [0.05, 0.1) is 6.21 Å². The van der Waals surface area contributed by atoms with Gasteiger partial charge in [0, 0.05) is 22.1 Å². The molecule has 0 aromatic heterocycles. The number of aliphatic hydroxyl groups is 1. The van der Waals surface area contributed by atoms with E-state index >= 15 is 0 Å². The molecular weight excluding hydrogens is 467 g/mol. The summed E-state index contributed by atoms with van der Waals surface area (Å²) in [5.74, 6) is 3.17. The number of rotatable bonds is 6. The van der Waals surface area contributed by atoms with Crippen molar-refractivity contribution < 1.29 is 28.2 Å². The molecule has 2 aromatic rings. The van der Waals surface area contributed by atoms with E-state index in [1.165, 1.54) is 44.2 Å². The maximum Gasteiger partial charge on any atom is 0.426 e. The van der Waals surface area contributed by atoms with Crippen LogP contribution in [0.25, 0.3) is 0 Å². The van der Waals surface area contributed by atoms with E-state index in [9.17, 15) is 28.2 Å². The first-order valence-electron chi connectivity index (χ1n) is 8.73. The molecule has 0 saturated heterocycles. The van der Waals surface area contributed by atoms with Gasteiger partial charge in [0.15, 0.2) is 0 Å². The number of hydrogen-bond acceptors (Lipinski definition) is 5. The van der Waals surface area contributed by atoms with Gasteiger partial charge in [-0.2, -0.15) is 18.3 Å². The van der Waals surface area contributed by atoms with Gasteiger partial charge >= 0.3 is 6.18 Å². The maximum atomic E-state index is 13.9. The van der Waals surface area contributed by atoms with Gasteiger partial charge in [0.25, 0.3) is 5.91 Å². The lowest BCUT2D eigenvalue weighted by molar-refractivity contribution is -0.254. The van der Waals surface area contributed by atoms with E-state index in [1.807, 2.05) is 0 Å². The highest BCUT2D eigenvalue weighted by Gasteiger charge is 2.61. The highest BCUT2D eigenvalue weighted by atomic mass is 79.9. The molecule has 1 unspecified atom stereocenters. The Balaban J connectivity index is 2.44. The van der Waals surface area contributed by atoms with Crippen molar-refractivity contribution in [2.24, 2.45) is 10.9 Å². The van der Waals surface area contributed by atoms with E-state index in [0.29, 0.717) is 4.47 Å². The Morgan fingerprint density at radius 2 is 1.87 bits per heavy atom. The van der Waals surface area contributed by atoms with Crippen LogP contribution in [0.15, 0.2) is 52.0 Å². The molecule has 30 heavy (non-hydrogen) atoms. The van der Waals surface area contributed by atoms with Gasteiger partial charge < -0.3 is 21.4 Å². The van der Waals surface area contributed by atoms with Gasteiger partial charge in [-0.3, -0.25) is 4.79 Å². The number of alkyl halides is 3. The van der Waals surface area contributed by atoms with Gasteiger partial charge in [-0.1, -0.05) is 54.0 Å². The highest BCUT2D eigenvalue weighted by Crippen LogP contribution is 2.44. The molecule has 6 nitrogen and oxygen atoms in total. The number of carbonyl (C=O) groups is 1. The van der Waals surface area contributed by atoms with Gasteiger partial charge in [-0.25, -0.2) is 0 Å². The van der Waals surface area contributed by atoms with Crippen LogP contribution in [0.4, 0.5) is 18.9 Å². The molecule has 0 saturated carbocycles. The third-order valence-electron chi connectivity index (χ3n) is 4.65. The van der Waals surface area contributed by atoms with Crippen LogP contribution in [0.1, 0.15) is 31.4 Å². The molecular formula is C20H21BrF3N3O3. The minimum Gasteiger partial charge on any atom is -0.508 e. The summed E-state index contributed by atoms with van der Waals surface area (Å²) in [6, 6.07) is 10.2. The normalized spacial score (nSPS) is 14.5. The number of halogens is 4. The van der Waals surface area contributed by atoms with Crippen LogP contribution in [0.5, 0.6) is 5.75 Å². The van der Waals surface area contributed by atoms with Crippen LogP contribution < -0.4 is 11.2 Å². The number of phenolic OH excluding ortho intramolecular Hbond substituents is 1. The van der Waals surface area contributed by atoms with Crippen molar-refractivity contribution >= 4 is 33.7 Å². The van der Waals surface area contributed by atoms with Gasteiger partial charge in [-0.15, -0.1) is 0 Å². The molecule has 0 bridgehead atoms. The average Bonchev–Trinajstić information content (AvgIpc) is 2.61. The fourth-order valence-electron chi connectivity index (χ4n) is 3.15. The largest absolute Gasteiger partial charge is 0.508 e. The molecule has 1 atom stereocenters. The molecule has 10 heteroatoms. The zero-order valence-corrected chi connectivity index (χ0v) is 17.8. The molecule has 0 fully saturated rings. The third-order valence-corrected chi connectivity index (χ3v) is 5.15. The highest BCUT2D eigenvalue weighted by molar-refractivity contribution is 9.10. The number of para-hydroxylation sites is 1. The number of nitrogens with zero attached hydrogens (tertiary/aromatic N) is 1. The fraction of sp³-hybridized carbons (Fsp3) is 0.300. The van der Waals surface area contributed by atoms with Crippen molar-refractivity contribution in [2.45, 2.75) is 37.5 Å². The predicted molar refractivity (Wildman–Crippen MR) is 111 cm³/mol. The summed E-state index contributed by atoms with van der Waals surface area (Å²) >= 11 is 3.16. The monoisotopic (exact) mass is 487 g/mol. The summed E-state index contributed by atoms with van der Waals surface area (Å²) in [6.45, 7) is 2.80. The zero-order valence-electron chi connectivity index (χ0n) is 16.2. The van der Waals surface area contributed by atoms with Gasteiger partial charge in [-0.05, 0) is 29.2 Å². The van der Waals surface area contributed by atoms with Crippen molar-refractivity contribution in [1.29, 1.82) is 0 Å². The van der Waals surface area contributed by atoms with Crippen molar-refractivity contribution in [1.82, 2.24) is 0 Å². The first kappa shape index (κ1) is 23.7. The quantitative estimate of drug-likeness (QED) is 0.280. The second-order valence-corrected chi connectivity index (χ2v) is 8.32. The first-order valence-corrected chi connectivity index (χ1v) is 9.53. The number of hydrazone groups is 1. The minimum atomic E-state index is -5.28. The topological polar surface area (TPSA) is 108 Å². The number of carbonyl (C=O) groups excluding carboxylic acids is 1. The van der Waals surface area contributed by atoms with E-state index in [2.05, 4.69) is 26.3 Å². The molecule has 0 heterocycles. The summed E-state index contributed by atoms with van der Waals surface area (Å²) < 4.78 is 42.2. The molecule has 162 valence electrons. The third kappa shape index (κ3) is 4.93. The number of nitrogens with one attached hydrogen (secondary N) is 1. The van der Waals surface area contributed by atoms with Crippen molar-refractivity contribution in [2.75, 3.05) is 5.32 Å². The summed E-state index contributed by atoms with van der Waals surface area (Å²) in [4.78, 5) is 12.7. The molecule has 0 aliphatic rings. The molecule has 2 aromatic carbocycles. The van der Waals surface area contributed by atoms with E-state index in [1.54, 1.807) is 12.1 Å².